The molecular formula is C15H27N5. The van der Waals surface area contributed by atoms with Gasteiger partial charge in [-0.2, -0.15) is 5.10 Å². The van der Waals surface area contributed by atoms with Gasteiger partial charge in [0.15, 0.2) is 5.82 Å². The first-order valence-corrected chi connectivity index (χ1v) is 7.32. The highest BCUT2D eigenvalue weighted by Gasteiger charge is 2.40. The molecule has 1 heterocycles. The zero-order chi connectivity index (χ0) is 14.9. The normalized spacial score (nSPS) is 17.1. The van der Waals surface area contributed by atoms with Crippen molar-refractivity contribution in [2.45, 2.75) is 45.2 Å². The first kappa shape index (κ1) is 15.2. The molecule has 2 rings (SSSR count). The molecule has 1 aliphatic rings. The maximum Gasteiger partial charge on any atom is 0.155 e. The maximum absolute atomic E-state index is 5.92. The van der Waals surface area contributed by atoms with Crippen LogP contribution in [0.25, 0.3) is 0 Å². The number of hydrogen-bond donors (Lipinski definition) is 1. The smallest absolute Gasteiger partial charge is 0.155 e. The summed E-state index contributed by atoms with van der Waals surface area (Å²) in [5.74, 6) is 0.934. The number of aromatic nitrogens is 2. The molecule has 0 saturated heterocycles. The topological polar surface area (TPSA) is 58.3 Å². The minimum atomic E-state index is 0.279. The predicted octanol–water partition coefficient (Wildman–Crippen LogP) is 1.47. The second-order valence-corrected chi connectivity index (χ2v) is 6.25. The Morgan fingerprint density at radius 2 is 1.80 bits per heavy atom. The van der Waals surface area contributed by atoms with Gasteiger partial charge >= 0.3 is 0 Å². The molecule has 0 bridgehead atoms. The first-order chi connectivity index (χ1) is 9.41. The monoisotopic (exact) mass is 277 g/mol. The van der Waals surface area contributed by atoms with Crippen LogP contribution in [0.15, 0.2) is 0 Å². The fourth-order valence-electron chi connectivity index (χ4n) is 3.04. The molecule has 2 N–H and O–H groups in total. The Morgan fingerprint density at radius 3 is 2.25 bits per heavy atom. The van der Waals surface area contributed by atoms with Crippen LogP contribution in [-0.4, -0.2) is 48.3 Å². The molecule has 5 heteroatoms. The molecule has 1 aromatic rings. The van der Waals surface area contributed by atoms with Crippen LogP contribution in [0, 0.1) is 13.8 Å². The van der Waals surface area contributed by atoms with Crippen LogP contribution >= 0.6 is 0 Å². The minimum Gasteiger partial charge on any atom is -0.356 e. The molecule has 0 spiro atoms. The highest BCUT2D eigenvalue weighted by molar-refractivity contribution is 5.50. The summed E-state index contributed by atoms with van der Waals surface area (Å²) in [6.07, 6.45) is 3.81. The van der Waals surface area contributed by atoms with Crippen LogP contribution in [0.1, 0.15) is 36.1 Å². The number of rotatable bonds is 5. The Kier molecular flexibility index (Phi) is 4.30. The van der Waals surface area contributed by atoms with E-state index in [1.54, 1.807) is 0 Å². The highest BCUT2D eigenvalue weighted by atomic mass is 15.3. The lowest BCUT2D eigenvalue weighted by molar-refractivity contribution is 0.0681. The van der Waals surface area contributed by atoms with Gasteiger partial charge in [-0.25, -0.2) is 0 Å². The van der Waals surface area contributed by atoms with Crippen LogP contribution in [0.5, 0.6) is 0 Å². The van der Waals surface area contributed by atoms with E-state index in [1.807, 2.05) is 6.92 Å². The Morgan fingerprint density at radius 1 is 1.15 bits per heavy atom. The van der Waals surface area contributed by atoms with Crippen LogP contribution in [-0.2, 0) is 6.54 Å². The SMILES string of the molecule is Cc1nnc(N(C)CC2(N(C)C)CCC2)c(CN)c1C. The van der Waals surface area contributed by atoms with Gasteiger partial charge in [-0.15, -0.1) is 5.10 Å². The lowest BCUT2D eigenvalue weighted by atomic mass is 9.75. The van der Waals surface area contributed by atoms with Gasteiger partial charge in [0.25, 0.3) is 0 Å². The molecule has 20 heavy (non-hydrogen) atoms. The van der Waals surface area contributed by atoms with Gasteiger partial charge in [0.1, 0.15) is 0 Å². The third-order valence-electron chi connectivity index (χ3n) is 4.89. The van der Waals surface area contributed by atoms with Crippen molar-refractivity contribution in [2.24, 2.45) is 5.73 Å². The van der Waals surface area contributed by atoms with Crippen molar-refractivity contribution >= 4 is 5.82 Å². The molecule has 1 aliphatic carbocycles. The lowest BCUT2D eigenvalue weighted by Gasteiger charge is -2.49. The Labute approximate surface area is 122 Å². The molecule has 0 aromatic carbocycles. The van der Waals surface area contributed by atoms with E-state index in [4.69, 9.17) is 5.73 Å². The van der Waals surface area contributed by atoms with Gasteiger partial charge in [0.05, 0.1) is 5.69 Å². The van der Waals surface area contributed by atoms with Gasteiger partial charge < -0.3 is 15.5 Å². The molecule has 112 valence electrons. The lowest BCUT2D eigenvalue weighted by Crippen LogP contribution is -2.57. The van der Waals surface area contributed by atoms with Crippen molar-refractivity contribution in [3.05, 3.63) is 16.8 Å². The van der Waals surface area contributed by atoms with E-state index in [-0.39, 0.29) is 5.54 Å². The fourth-order valence-corrected chi connectivity index (χ4v) is 3.04. The standard InChI is InChI=1S/C15H27N5/c1-11-12(2)17-18-14(13(11)9-16)20(5)10-15(19(3)4)7-6-8-15/h6-10,16H2,1-5H3. The molecule has 1 aromatic heterocycles. The molecule has 1 saturated carbocycles. The largest absolute Gasteiger partial charge is 0.356 e. The second-order valence-electron chi connectivity index (χ2n) is 6.25. The van der Waals surface area contributed by atoms with Crippen LogP contribution in [0.3, 0.4) is 0 Å². The van der Waals surface area contributed by atoms with Crippen LogP contribution in [0.4, 0.5) is 5.82 Å². The van der Waals surface area contributed by atoms with E-state index >= 15 is 0 Å². The van der Waals surface area contributed by atoms with Gasteiger partial charge in [-0.05, 0) is 52.8 Å². The third kappa shape index (κ3) is 2.52. The van der Waals surface area contributed by atoms with Gasteiger partial charge in [0, 0.05) is 31.2 Å². The summed E-state index contributed by atoms with van der Waals surface area (Å²) < 4.78 is 0. The fraction of sp³-hybridized carbons (Fsp3) is 0.733. The molecule has 0 radical (unpaired) electrons. The average Bonchev–Trinajstić information content (AvgIpc) is 2.36. The summed E-state index contributed by atoms with van der Waals surface area (Å²) in [7, 11) is 6.44. The van der Waals surface area contributed by atoms with Crippen molar-refractivity contribution in [2.75, 3.05) is 32.6 Å². The average molecular weight is 277 g/mol. The number of aryl methyl sites for hydroxylation is 1. The van der Waals surface area contributed by atoms with Gasteiger partial charge in [-0.1, -0.05) is 0 Å². The van der Waals surface area contributed by atoms with Crippen molar-refractivity contribution in [3.8, 4) is 0 Å². The van der Waals surface area contributed by atoms with E-state index in [0.717, 1.165) is 29.2 Å². The first-order valence-electron chi connectivity index (χ1n) is 7.32. The van der Waals surface area contributed by atoms with Crippen molar-refractivity contribution < 1.29 is 0 Å². The number of nitrogens with two attached hydrogens (primary N) is 1. The second kappa shape index (κ2) is 5.66. The predicted molar refractivity (Wildman–Crippen MR) is 82.9 cm³/mol. The molecule has 0 unspecified atom stereocenters. The summed E-state index contributed by atoms with van der Waals surface area (Å²) in [6, 6.07) is 0. The molecule has 0 aliphatic heterocycles. The van der Waals surface area contributed by atoms with Crippen molar-refractivity contribution in [1.82, 2.24) is 15.1 Å². The summed E-state index contributed by atoms with van der Waals surface area (Å²) in [4.78, 5) is 4.57. The van der Waals surface area contributed by atoms with E-state index in [1.165, 1.54) is 19.3 Å². The van der Waals surface area contributed by atoms with Gasteiger partial charge in [-0.3, -0.25) is 0 Å². The molecule has 0 amide bonds. The number of nitrogens with zero attached hydrogens (tertiary/aromatic N) is 4. The Hall–Kier alpha value is -1.20. The third-order valence-corrected chi connectivity index (χ3v) is 4.89. The molecule has 5 nitrogen and oxygen atoms in total. The summed E-state index contributed by atoms with van der Waals surface area (Å²) in [5, 5.41) is 8.66. The Balaban J connectivity index is 2.25. The summed E-state index contributed by atoms with van der Waals surface area (Å²) in [5.41, 5.74) is 9.45. The Bertz CT molecular complexity index is 479. The molecule has 1 fully saturated rings. The van der Waals surface area contributed by atoms with E-state index in [2.05, 4.69) is 48.1 Å². The van der Waals surface area contributed by atoms with Crippen LogP contribution in [0.2, 0.25) is 0 Å². The zero-order valence-corrected chi connectivity index (χ0v) is 13.4. The van der Waals surface area contributed by atoms with Crippen molar-refractivity contribution in [3.63, 3.8) is 0 Å². The molecular weight excluding hydrogens is 250 g/mol. The number of likely N-dealkylation sites (N-methyl/N-ethyl adjacent to an activating group) is 2. The van der Waals surface area contributed by atoms with Crippen LogP contribution < -0.4 is 10.6 Å². The maximum atomic E-state index is 5.92. The quantitative estimate of drug-likeness (QED) is 0.883. The minimum absolute atomic E-state index is 0.279. The highest BCUT2D eigenvalue weighted by Crippen LogP contribution is 2.37. The van der Waals surface area contributed by atoms with Crippen molar-refractivity contribution in [1.29, 1.82) is 0 Å². The van der Waals surface area contributed by atoms with E-state index in [0.29, 0.717) is 6.54 Å². The zero-order valence-electron chi connectivity index (χ0n) is 13.4. The number of hydrogen-bond acceptors (Lipinski definition) is 5. The summed E-state index contributed by atoms with van der Waals surface area (Å²) in [6.45, 7) is 5.55. The van der Waals surface area contributed by atoms with Gasteiger partial charge in [0.2, 0.25) is 0 Å². The van der Waals surface area contributed by atoms with E-state index < -0.39 is 0 Å². The summed E-state index contributed by atoms with van der Waals surface area (Å²) >= 11 is 0. The number of anilines is 1. The van der Waals surface area contributed by atoms with E-state index in [9.17, 15) is 0 Å². The molecule has 0 atom stereocenters.